The van der Waals surface area contributed by atoms with Gasteiger partial charge in [0.15, 0.2) is 0 Å². The molecule has 1 N–H and O–H groups in total. The predicted octanol–water partition coefficient (Wildman–Crippen LogP) is 0.849. The van der Waals surface area contributed by atoms with Gasteiger partial charge in [-0.15, -0.1) is 0 Å². The van der Waals surface area contributed by atoms with Crippen molar-refractivity contribution in [3.8, 4) is 0 Å². The number of rotatable bonds is 1. The van der Waals surface area contributed by atoms with Crippen molar-refractivity contribution < 1.29 is 0 Å². The highest BCUT2D eigenvalue weighted by Crippen LogP contribution is 2.20. The summed E-state index contributed by atoms with van der Waals surface area (Å²) in [5.74, 6) is 1.03. The normalized spacial score (nSPS) is 25.4. The highest BCUT2D eigenvalue weighted by Gasteiger charge is 2.18. The van der Waals surface area contributed by atoms with Crippen LogP contribution in [0.15, 0.2) is 12.4 Å². The lowest BCUT2D eigenvalue weighted by molar-refractivity contribution is 0.601. The van der Waals surface area contributed by atoms with Crippen LogP contribution in [-0.4, -0.2) is 16.5 Å². The number of hydrogen-bond donors (Lipinski definition) is 1. The van der Waals surface area contributed by atoms with Crippen LogP contribution in [-0.2, 0) is 0 Å². The van der Waals surface area contributed by atoms with Gasteiger partial charge in [0.05, 0.1) is 6.04 Å². The van der Waals surface area contributed by atoms with Crippen LogP contribution >= 0.6 is 0 Å². The highest BCUT2D eigenvalue weighted by molar-refractivity contribution is 4.97. The number of nitrogens with zero attached hydrogens (tertiary/aromatic N) is 2. The molecule has 1 radical (unpaired) electrons. The number of H-pyrrole nitrogens is 1. The van der Waals surface area contributed by atoms with Gasteiger partial charge >= 0.3 is 0 Å². The molecule has 53 valence electrons. The van der Waals surface area contributed by atoms with Crippen LogP contribution in [0.3, 0.4) is 0 Å². The van der Waals surface area contributed by atoms with Gasteiger partial charge < -0.3 is 4.98 Å². The second-order valence-corrected chi connectivity index (χ2v) is 2.54. The predicted molar refractivity (Wildman–Crippen MR) is 37.6 cm³/mol. The molecule has 0 saturated carbocycles. The first kappa shape index (κ1) is 5.92. The van der Waals surface area contributed by atoms with Gasteiger partial charge in [0, 0.05) is 18.9 Å². The Labute approximate surface area is 59.9 Å². The topological polar surface area (TPSA) is 42.8 Å². The quantitative estimate of drug-likeness (QED) is 0.611. The Morgan fingerprint density at radius 1 is 1.60 bits per heavy atom. The fourth-order valence-corrected chi connectivity index (χ4v) is 1.31. The summed E-state index contributed by atoms with van der Waals surface area (Å²) >= 11 is 0. The Morgan fingerprint density at radius 2 is 2.60 bits per heavy atom. The van der Waals surface area contributed by atoms with E-state index in [9.17, 15) is 0 Å². The molecular weight excluding hydrogens is 126 g/mol. The second kappa shape index (κ2) is 2.42. The molecule has 0 spiro atoms. The lowest BCUT2D eigenvalue weighted by atomic mass is 10.2. The van der Waals surface area contributed by atoms with Crippen LogP contribution in [0.4, 0.5) is 0 Å². The van der Waals surface area contributed by atoms with Gasteiger partial charge in [0.2, 0.25) is 0 Å². The molecular formula is C7H10N3. The number of aromatic amines is 1. The van der Waals surface area contributed by atoms with E-state index < -0.39 is 0 Å². The van der Waals surface area contributed by atoms with Crippen LogP contribution in [0.5, 0.6) is 0 Å². The Bertz CT molecular complexity index is 187. The van der Waals surface area contributed by atoms with E-state index in [1.807, 2.05) is 6.20 Å². The van der Waals surface area contributed by atoms with Gasteiger partial charge in [0.1, 0.15) is 5.82 Å². The molecule has 3 heteroatoms. The van der Waals surface area contributed by atoms with E-state index >= 15 is 0 Å². The van der Waals surface area contributed by atoms with Gasteiger partial charge in [-0.05, 0) is 12.8 Å². The molecule has 3 nitrogen and oxygen atoms in total. The molecule has 0 aliphatic carbocycles. The molecule has 0 amide bonds. The highest BCUT2D eigenvalue weighted by atomic mass is 15.0. The van der Waals surface area contributed by atoms with Crippen molar-refractivity contribution in [2.75, 3.05) is 6.54 Å². The van der Waals surface area contributed by atoms with Crippen molar-refractivity contribution in [1.82, 2.24) is 15.3 Å². The summed E-state index contributed by atoms with van der Waals surface area (Å²) in [5.41, 5.74) is 0. The van der Waals surface area contributed by atoms with E-state index in [4.69, 9.17) is 0 Å². The van der Waals surface area contributed by atoms with Crippen molar-refractivity contribution in [3.63, 3.8) is 0 Å². The first-order valence-corrected chi connectivity index (χ1v) is 3.63. The van der Waals surface area contributed by atoms with Gasteiger partial charge in [-0.3, -0.25) is 0 Å². The molecule has 1 unspecified atom stereocenters. The molecule has 1 atom stereocenters. The van der Waals surface area contributed by atoms with Gasteiger partial charge in [-0.25, -0.2) is 10.3 Å². The number of imidazole rings is 1. The standard InChI is InChI=1S/C7H10N3/c1-2-6(8-3-1)7-9-4-5-10-7/h4-6H,1-3H2,(H,9,10). The monoisotopic (exact) mass is 136 g/mol. The van der Waals surface area contributed by atoms with E-state index in [1.165, 1.54) is 6.42 Å². The lowest BCUT2D eigenvalue weighted by Gasteiger charge is -2.02. The molecule has 0 bridgehead atoms. The third-order valence-electron chi connectivity index (χ3n) is 1.82. The second-order valence-electron chi connectivity index (χ2n) is 2.54. The minimum absolute atomic E-state index is 0.356. The van der Waals surface area contributed by atoms with Crippen molar-refractivity contribution in [1.29, 1.82) is 0 Å². The maximum Gasteiger partial charge on any atom is 0.124 e. The van der Waals surface area contributed by atoms with Crippen LogP contribution in [0.1, 0.15) is 24.7 Å². The van der Waals surface area contributed by atoms with E-state index in [0.717, 1.165) is 18.8 Å². The molecule has 1 aliphatic heterocycles. The summed E-state index contributed by atoms with van der Waals surface area (Å²) in [4.78, 5) is 7.22. The largest absolute Gasteiger partial charge is 0.347 e. The summed E-state index contributed by atoms with van der Waals surface area (Å²) in [5, 5.41) is 4.38. The lowest BCUT2D eigenvalue weighted by Crippen LogP contribution is -2.06. The molecule has 1 aromatic rings. The Morgan fingerprint density at radius 3 is 3.20 bits per heavy atom. The van der Waals surface area contributed by atoms with E-state index in [0.29, 0.717) is 6.04 Å². The summed E-state index contributed by atoms with van der Waals surface area (Å²) in [6.07, 6.45) is 6.01. The molecule has 10 heavy (non-hydrogen) atoms. The SMILES string of the molecule is c1c[nH]c(C2CCC[N]2)n1. The molecule has 1 saturated heterocycles. The first-order chi connectivity index (χ1) is 4.97. The molecule has 2 heterocycles. The van der Waals surface area contributed by atoms with E-state index in [1.54, 1.807) is 6.20 Å². The third-order valence-corrected chi connectivity index (χ3v) is 1.82. The fraction of sp³-hybridized carbons (Fsp3) is 0.571. The summed E-state index contributed by atoms with van der Waals surface area (Å²) in [6.45, 7) is 1.01. The maximum absolute atomic E-state index is 4.38. The zero-order chi connectivity index (χ0) is 6.81. The molecule has 2 rings (SSSR count). The van der Waals surface area contributed by atoms with Crippen LogP contribution in [0.2, 0.25) is 0 Å². The summed E-state index contributed by atoms with van der Waals surface area (Å²) in [6, 6.07) is 0.356. The minimum Gasteiger partial charge on any atom is -0.347 e. The Hall–Kier alpha value is -0.830. The summed E-state index contributed by atoms with van der Waals surface area (Å²) in [7, 11) is 0. The van der Waals surface area contributed by atoms with Crippen molar-refractivity contribution in [2.24, 2.45) is 0 Å². The molecule has 1 aliphatic rings. The maximum atomic E-state index is 4.38. The molecule has 0 aromatic carbocycles. The van der Waals surface area contributed by atoms with Crippen molar-refractivity contribution >= 4 is 0 Å². The first-order valence-electron chi connectivity index (χ1n) is 3.63. The van der Waals surface area contributed by atoms with Crippen LogP contribution in [0.25, 0.3) is 0 Å². The number of hydrogen-bond acceptors (Lipinski definition) is 1. The smallest absolute Gasteiger partial charge is 0.124 e. The van der Waals surface area contributed by atoms with Gasteiger partial charge in [-0.1, -0.05) is 0 Å². The van der Waals surface area contributed by atoms with Crippen molar-refractivity contribution in [2.45, 2.75) is 18.9 Å². The molecule has 1 fully saturated rings. The zero-order valence-electron chi connectivity index (χ0n) is 5.75. The van der Waals surface area contributed by atoms with Crippen LogP contribution in [0, 0.1) is 0 Å². The van der Waals surface area contributed by atoms with Crippen LogP contribution < -0.4 is 5.32 Å². The van der Waals surface area contributed by atoms with Crippen molar-refractivity contribution in [3.05, 3.63) is 18.2 Å². The van der Waals surface area contributed by atoms with Gasteiger partial charge in [0.25, 0.3) is 0 Å². The fourth-order valence-electron chi connectivity index (χ4n) is 1.31. The molecule has 1 aromatic heterocycles. The Balaban J connectivity index is 2.12. The summed E-state index contributed by atoms with van der Waals surface area (Å²) < 4.78 is 0. The zero-order valence-corrected chi connectivity index (χ0v) is 5.75. The van der Waals surface area contributed by atoms with Gasteiger partial charge in [-0.2, -0.15) is 0 Å². The average molecular weight is 136 g/mol. The minimum atomic E-state index is 0.356. The third kappa shape index (κ3) is 0.926. The average Bonchev–Trinajstić information content (AvgIpc) is 2.59. The number of aromatic nitrogens is 2. The number of nitrogens with one attached hydrogen (secondary N) is 1. The Kier molecular flexibility index (Phi) is 1.43. The van der Waals surface area contributed by atoms with E-state index in [2.05, 4.69) is 15.3 Å². The van der Waals surface area contributed by atoms with E-state index in [-0.39, 0.29) is 0 Å².